The van der Waals surface area contributed by atoms with Gasteiger partial charge in [-0.1, -0.05) is 12.1 Å². The number of aliphatic hydroxyl groups excluding tert-OH is 1. The van der Waals surface area contributed by atoms with E-state index in [1.807, 2.05) is 0 Å². The Hall–Kier alpha value is -4.73. The fraction of sp³-hybridized carbons (Fsp3) is 0.250. The number of Topliss-reactive ketones (excluding diaryl/α,β-unsaturated/α-hetero) is 1. The number of pyridine rings is 1. The summed E-state index contributed by atoms with van der Waals surface area (Å²) in [7, 11) is 7.27. The van der Waals surface area contributed by atoms with Gasteiger partial charge in [0.25, 0.3) is 11.7 Å². The van der Waals surface area contributed by atoms with Crippen LogP contribution in [0.25, 0.3) is 5.76 Å². The minimum Gasteiger partial charge on any atom is -0.506 e. The zero-order valence-electron chi connectivity index (χ0n) is 21.7. The number of amides is 1. The van der Waals surface area contributed by atoms with Crippen LogP contribution < -0.4 is 23.7 Å². The molecular formula is C28H28N2O8. The summed E-state index contributed by atoms with van der Waals surface area (Å²) < 4.78 is 27.4. The zero-order chi connectivity index (χ0) is 27.4. The number of aromatic nitrogens is 1. The molecule has 0 spiro atoms. The lowest BCUT2D eigenvalue weighted by molar-refractivity contribution is -0.140. The van der Waals surface area contributed by atoms with Crippen LogP contribution >= 0.6 is 0 Å². The van der Waals surface area contributed by atoms with Crippen LogP contribution in [0.5, 0.6) is 28.7 Å². The monoisotopic (exact) mass is 520 g/mol. The van der Waals surface area contributed by atoms with Gasteiger partial charge in [0.1, 0.15) is 22.8 Å². The average molecular weight is 521 g/mol. The van der Waals surface area contributed by atoms with Crippen molar-refractivity contribution in [1.29, 1.82) is 0 Å². The summed E-state index contributed by atoms with van der Waals surface area (Å²) in [4.78, 5) is 32.5. The SMILES string of the molecule is COc1cc(C2/C(=C(\O)c3c(OC)cccc3OC)C(=O)C(=O)N2Cc2cccnc2)cc(OC)c1OC. The number of rotatable bonds is 9. The van der Waals surface area contributed by atoms with E-state index in [9.17, 15) is 14.7 Å². The quantitative estimate of drug-likeness (QED) is 0.256. The first-order valence-corrected chi connectivity index (χ1v) is 11.6. The molecule has 2 aromatic carbocycles. The minimum atomic E-state index is -1.02. The van der Waals surface area contributed by atoms with Crippen molar-refractivity contribution in [2.24, 2.45) is 0 Å². The molecule has 10 heteroatoms. The van der Waals surface area contributed by atoms with Gasteiger partial charge in [0, 0.05) is 18.9 Å². The average Bonchev–Trinajstić information content (AvgIpc) is 3.20. The van der Waals surface area contributed by atoms with Gasteiger partial charge >= 0.3 is 0 Å². The van der Waals surface area contributed by atoms with E-state index >= 15 is 0 Å². The number of ketones is 1. The highest BCUT2D eigenvalue weighted by atomic mass is 16.5. The summed E-state index contributed by atoms with van der Waals surface area (Å²) in [6, 6.07) is 10.7. The van der Waals surface area contributed by atoms with E-state index in [0.717, 1.165) is 0 Å². The van der Waals surface area contributed by atoms with Gasteiger partial charge in [-0.25, -0.2) is 0 Å². The lowest BCUT2D eigenvalue weighted by atomic mass is 9.94. The van der Waals surface area contributed by atoms with E-state index in [1.165, 1.54) is 40.4 Å². The normalized spacial score (nSPS) is 16.3. The van der Waals surface area contributed by atoms with Crippen LogP contribution in [0.1, 0.15) is 22.7 Å². The van der Waals surface area contributed by atoms with Crippen molar-refractivity contribution in [3.63, 3.8) is 0 Å². The first-order chi connectivity index (χ1) is 18.4. The molecule has 3 aromatic rings. The van der Waals surface area contributed by atoms with Gasteiger partial charge in [-0.3, -0.25) is 14.6 Å². The maximum atomic E-state index is 13.5. The van der Waals surface area contributed by atoms with E-state index in [2.05, 4.69) is 4.98 Å². The Labute approximate surface area is 220 Å². The standard InChI is InChI=1S/C28H28N2O8/c1-34-18-9-6-10-19(35-2)22(18)25(31)23-24(17-12-20(36-3)27(38-5)21(13-17)37-4)30(28(33)26(23)32)15-16-8-7-11-29-14-16/h6-14,24,31H,15H2,1-5H3/b25-23+. The molecule has 1 fully saturated rings. The van der Waals surface area contributed by atoms with E-state index in [1.54, 1.807) is 54.9 Å². The first kappa shape index (κ1) is 26.3. The Morgan fingerprint density at radius 3 is 1.97 bits per heavy atom. The molecule has 1 aliphatic heterocycles. The number of benzene rings is 2. The molecule has 0 saturated carbocycles. The van der Waals surface area contributed by atoms with Crippen LogP contribution in [0.3, 0.4) is 0 Å². The van der Waals surface area contributed by atoms with Crippen molar-refractivity contribution >= 4 is 17.4 Å². The lowest BCUT2D eigenvalue weighted by Crippen LogP contribution is -2.29. The maximum absolute atomic E-state index is 13.5. The fourth-order valence-electron chi connectivity index (χ4n) is 4.56. The van der Waals surface area contributed by atoms with Crippen molar-refractivity contribution in [3.05, 3.63) is 77.1 Å². The third kappa shape index (κ3) is 4.56. The number of methoxy groups -OCH3 is 5. The highest BCUT2D eigenvalue weighted by molar-refractivity contribution is 6.46. The van der Waals surface area contributed by atoms with E-state index in [4.69, 9.17) is 23.7 Å². The van der Waals surface area contributed by atoms with Gasteiger partial charge < -0.3 is 33.7 Å². The number of carbonyl (C=O) groups is 2. The molecule has 10 nitrogen and oxygen atoms in total. The second-order valence-corrected chi connectivity index (χ2v) is 8.28. The number of carbonyl (C=O) groups excluding carboxylic acids is 2. The van der Waals surface area contributed by atoms with Crippen LogP contribution in [0, 0.1) is 0 Å². The minimum absolute atomic E-state index is 0.0551. The summed E-state index contributed by atoms with van der Waals surface area (Å²) in [5.41, 5.74) is 1.16. The predicted octanol–water partition coefficient (Wildman–Crippen LogP) is 3.75. The van der Waals surface area contributed by atoms with Gasteiger partial charge in [0.15, 0.2) is 11.5 Å². The van der Waals surface area contributed by atoms with Gasteiger partial charge in [0.05, 0.1) is 47.2 Å². The summed E-state index contributed by atoms with van der Waals surface area (Å²) in [6.45, 7) is 0.0551. The molecule has 0 bridgehead atoms. The van der Waals surface area contributed by atoms with E-state index in [-0.39, 0.29) is 29.2 Å². The zero-order valence-corrected chi connectivity index (χ0v) is 21.7. The van der Waals surface area contributed by atoms with Crippen LogP contribution in [0.15, 0.2) is 60.4 Å². The summed E-state index contributed by atoms with van der Waals surface area (Å²) in [5, 5.41) is 11.6. The largest absolute Gasteiger partial charge is 0.506 e. The molecule has 0 radical (unpaired) electrons. The number of hydrogen-bond donors (Lipinski definition) is 1. The molecule has 2 heterocycles. The van der Waals surface area contributed by atoms with Gasteiger partial charge in [-0.05, 0) is 41.5 Å². The molecule has 1 aromatic heterocycles. The van der Waals surface area contributed by atoms with Crippen LogP contribution in [-0.4, -0.2) is 62.2 Å². The molecular weight excluding hydrogens is 492 g/mol. The highest BCUT2D eigenvalue weighted by Crippen LogP contribution is 2.47. The first-order valence-electron chi connectivity index (χ1n) is 11.6. The van der Waals surface area contributed by atoms with Crippen LogP contribution in [-0.2, 0) is 16.1 Å². The van der Waals surface area contributed by atoms with Gasteiger partial charge in [-0.15, -0.1) is 0 Å². The molecule has 1 saturated heterocycles. The van der Waals surface area contributed by atoms with E-state index < -0.39 is 23.5 Å². The molecule has 0 aliphatic carbocycles. The van der Waals surface area contributed by atoms with Gasteiger partial charge in [0.2, 0.25) is 5.75 Å². The van der Waals surface area contributed by atoms with E-state index in [0.29, 0.717) is 28.4 Å². The van der Waals surface area contributed by atoms with Crippen molar-refractivity contribution < 1.29 is 38.4 Å². The summed E-state index contributed by atoms with van der Waals surface area (Å²) >= 11 is 0. The Morgan fingerprint density at radius 2 is 1.47 bits per heavy atom. The Kier molecular flexibility index (Phi) is 7.71. The molecule has 38 heavy (non-hydrogen) atoms. The topological polar surface area (TPSA) is 117 Å². The third-order valence-corrected chi connectivity index (χ3v) is 6.28. The van der Waals surface area contributed by atoms with Crippen molar-refractivity contribution in [3.8, 4) is 28.7 Å². The second kappa shape index (κ2) is 11.1. The summed E-state index contributed by atoms with van der Waals surface area (Å²) in [6.07, 6.45) is 3.22. The lowest BCUT2D eigenvalue weighted by Gasteiger charge is -2.27. The van der Waals surface area contributed by atoms with Crippen molar-refractivity contribution in [1.82, 2.24) is 9.88 Å². The third-order valence-electron chi connectivity index (χ3n) is 6.28. The number of hydrogen-bond acceptors (Lipinski definition) is 9. The molecule has 198 valence electrons. The molecule has 4 rings (SSSR count). The van der Waals surface area contributed by atoms with Crippen LogP contribution in [0.4, 0.5) is 0 Å². The Bertz CT molecular complexity index is 1340. The summed E-state index contributed by atoms with van der Waals surface area (Å²) in [5.74, 6) is -0.569. The number of aliphatic hydroxyl groups is 1. The highest BCUT2D eigenvalue weighted by Gasteiger charge is 2.47. The molecule has 1 atom stereocenters. The fourth-order valence-corrected chi connectivity index (χ4v) is 4.56. The molecule has 1 aliphatic rings. The molecule has 1 N–H and O–H groups in total. The number of ether oxygens (including phenoxy) is 5. The number of nitrogens with zero attached hydrogens (tertiary/aromatic N) is 2. The molecule has 1 unspecified atom stereocenters. The molecule has 1 amide bonds. The van der Waals surface area contributed by atoms with Crippen LogP contribution in [0.2, 0.25) is 0 Å². The predicted molar refractivity (Wildman–Crippen MR) is 138 cm³/mol. The van der Waals surface area contributed by atoms with Crippen molar-refractivity contribution in [2.45, 2.75) is 12.6 Å². The Balaban J connectivity index is 2.01. The smallest absolute Gasteiger partial charge is 0.295 e. The second-order valence-electron chi connectivity index (χ2n) is 8.28. The van der Waals surface area contributed by atoms with Crippen molar-refractivity contribution in [2.75, 3.05) is 35.5 Å². The Morgan fingerprint density at radius 1 is 0.868 bits per heavy atom. The van der Waals surface area contributed by atoms with Gasteiger partial charge in [-0.2, -0.15) is 0 Å². The maximum Gasteiger partial charge on any atom is 0.295 e. The number of likely N-dealkylation sites (tertiary alicyclic amines) is 1.